The van der Waals surface area contributed by atoms with Gasteiger partial charge in [-0.1, -0.05) is 24.3 Å². The molecular formula is C20H18N4O2. The average Bonchev–Trinajstić information content (AvgIpc) is 3.35. The number of ketones is 1. The molecule has 4 rings (SSSR count). The Bertz CT molecular complexity index is 1040. The third-order valence-corrected chi connectivity index (χ3v) is 4.29. The maximum absolute atomic E-state index is 13.3. The molecule has 3 N–H and O–H groups in total. The summed E-state index contributed by atoms with van der Waals surface area (Å²) < 4.78 is 5.26. The Morgan fingerprint density at radius 1 is 1.15 bits per heavy atom. The van der Waals surface area contributed by atoms with Crippen LogP contribution in [0.3, 0.4) is 0 Å². The molecule has 0 aliphatic heterocycles. The number of anilines is 1. The van der Waals surface area contributed by atoms with Gasteiger partial charge in [-0.3, -0.25) is 4.79 Å². The zero-order chi connectivity index (χ0) is 17.9. The normalized spacial score (nSPS) is 12.0. The van der Waals surface area contributed by atoms with Crippen LogP contribution in [0, 0.1) is 0 Å². The number of nitrogens with zero attached hydrogens (tertiary/aromatic N) is 1. The number of fused-ring (bicyclic) bond motifs is 1. The average molecular weight is 346 g/mol. The number of aromatic amines is 2. The van der Waals surface area contributed by atoms with E-state index in [1.807, 2.05) is 48.5 Å². The molecular weight excluding hydrogens is 328 g/mol. The number of carbonyl (C=O) groups excluding carboxylic acids is 1. The van der Waals surface area contributed by atoms with E-state index in [0.29, 0.717) is 17.1 Å². The van der Waals surface area contributed by atoms with Crippen molar-refractivity contribution < 1.29 is 9.53 Å². The summed E-state index contributed by atoms with van der Waals surface area (Å²) >= 11 is 0. The number of methoxy groups -OCH3 is 1. The van der Waals surface area contributed by atoms with Crippen LogP contribution in [0.5, 0.6) is 5.75 Å². The highest BCUT2D eigenvalue weighted by molar-refractivity contribution is 6.11. The lowest BCUT2D eigenvalue weighted by molar-refractivity contribution is 0.0968. The SMILES string of the molecule is COc1cccc(NC(C(=O)c2c[nH]c3ccccc23)c2ncc[nH]2)c1. The second kappa shape index (κ2) is 6.76. The fourth-order valence-electron chi connectivity index (χ4n) is 3.00. The molecule has 6 nitrogen and oxygen atoms in total. The quantitative estimate of drug-likeness (QED) is 0.462. The summed E-state index contributed by atoms with van der Waals surface area (Å²) in [6.07, 6.45) is 5.09. The number of ether oxygens (including phenoxy) is 1. The van der Waals surface area contributed by atoms with Crippen molar-refractivity contribution in [2.45, 2.75) is 6.04 Å². The van der Waals surface area contributed by atoms with Crippen molar-refractivity contribution >= 4 is 22.4 Å². The van der Waals surface area contributed by atoms with Gasteiger partial charge in [0.1, 0.15) is 17.6 Å². The minimum absolute atomic E-state index is 0.0692. The summed E-state index contributed by atoms with van der Waals surface area (Å²) in [5.74, 6) is 1.20. The maximum Gasteiger partial charge on any atom is 0.194 e. The fourth-order valence-corrected chi connectivity index (χ4v) is 3.00. The van der Waals surface area contributed by atoms with Gasteiger partial charge in [-0.25, -0.2) is 4.98 Å². The number of Topliss-reactive ketones (excluding diaryl/α,β-unsaturated/α-hetero) is 1. The highest BCUT2D eigenvalue weighted by Gasteiger charge is 2.26. The van der Waals surface area contributed by atoms with Gasteiger partial charge in [0.2, 0.25) is 0 Å². The van der Waals surface area contributed by atoms with Crippen LogP contribution in [0.25, 0.3) is 10.9 Å². The van der Waals surface area contributed by atoms with Gasteiger partial charge in [-0.15, -0.1) is 0 Å². The van der Waals surface area contributed by atoms with Gasteiger partial charge in [-0.2, -0.15) is 0 Å². The molecule has 2 aromatic carbocycles. The number of carbonyl (C=O) groups is 1. The largest absolute Gasteiger partial charge is 0.497 e. The first-order valence-electron chi connectivity index (χ1n) is 8.26. The van der Waals surface area contributed by atoms with E-state index in [4.69, 9.17) is 4.74 Å². The monoisotopic (exact) mass is 346 g/mol. The van der Waals surface area contributed by atoms with Gasteiger partial charge >= 0.3 is 0 Å². The molecule has 1 atom stereocenters. The van der Waals surface area contributed by atoms with Gasteiger partial charge in [0.15, 0.2) is 5.78 Å². The number of nitrogens with one attached hydrogen (secondary N) is 3. The molecule has 2 aromatic heterocycles. The van der Waals surface area contributed by atoms with Crippen molar-refractivity contribution in [2.24, 2.45) is 0 Å². The van der Waals surface area contributed by atoms with E-state index in [1.54, 1.807) is 25.7 Å². The number of H-pyrrole nitrogens is 2. The van der Waals surface area contributed by atoms with Gasteiger partial charge in [-0.05, 0) is 18.2 Å². The van der Waals surface area contributed by atoms with Gasteiger partial charge in [0.25, 0.3) is 0 Å². The Kier molecular flexibility index (Phi) is 4.15. The molecule has 0 aliphatic rings. The number of para-hydroxylation sites is 1. The molecule has 0 aliphatic carbocycles. The summed E-state index contributed by atoms with van der Waals surface area (Å²) in [5.41, 5.74) is 2.33. The Morgan fingerprint density at radius 3 is 2.85 bits per heavy atom. The molecule has 4 aromatic rings. The molecule has 130 valence electrons. The first-order valence-corrected chi connectivity index (χ1v) is 8.26. The lowest BCUT2D eigenvalue weighted by Gasteiger charge is -2.17. The van der Waals surface area contributed by atoms with E-state index < -0.39 is 6.04 Å². The summed E-state index contributed by atoms with van der Waals surface area (Å²) in [6, 6.07) is 14.6. The van der Waals surface area contributed by atoms with Crippen molar-refractivity contribution in [1.29, 1.82) is 0 Å². The zero-order valence-corrected chi connectivity index (χ0v) is 14.2. The number of hydrogen-bond acceptors (Lipinski definition) is 4. The molecule has 0 amide bonds. The van der Waals surface area contributed by atoms with Crippen LogP contribution in [0.4, 0.5) is 5.69 Å². The van der Waals surface area contributed by atoms with E-state index in [2.05, 4.69) is 20.3 Å². The molecule has 6 heteroatoms. The van der Waals surface area contributed by atoms with Crippen molar-refractivity contribution in [3.05, 3.63) is 78.5 Å². The second-order valence-electron chi connectivity index (χ2n) is 5.90. The van der Waals surface area contributed by atoms with E-state index in [9.17, 15) is 4.79 Å². The molecule has 0 bridgehead atoms. The highest BCUT2D eigenvalue weighted by Crippen LogP contribution is 2.27. The Hall–Kier alpha value is -3.54. The lowest BCUT2D eigenvalue weighted by Crippen LogP contribution is -2.22. The van der Waals surface area contributed by atoms with Gasteiger partial charge in [0.05, 0.1) is 7.11 Å². The van der Waals surface area contributed by atoms with Crippen LogP contribution in [0.2, 0.25) is 0 Å². The van der Waals surface area contributed by atoms with E-state index in [1.165, 1.54) is 0 Å². The number of aromatic nitrogens is 3. The Balaban J connectivity index is 1.72. The van der Waals surface area contributed by atoms with Gasteiger partial charge in [0, 0.05) is 46.8 Å². The molecule has 0 saturated carbocycles. The number of imidazole rings is 1. The first kappa shape index (κ1) is 16.0. The summed E-state index contributed by atoms with van der Waals surface area (Å²) in [6.45, 7) is 0. The minimum atomic E-state index is -0.642. The van der Waals surface area contributed by atoms with Crippen molar-refractivity contribution in [2.75, 3.05) is 12.4 Å². The zero-order valence-electron chi connectivity index (χ0n) is 14.2. The van der Waals surface area contributed by atoms with Crippen molar-refractivity contribution in [3.8, 4) is 5.75 Å². The van der Waals surface area contributed by atoms with Crippen LogP contribution in [-0.4, -0.2) is 27.8 Å². The summed E-state index contributed by atoms with van der Waals surface area (Å²) in [7, 11) is 1.61. The third kappa shape index (κ3) is 2.93. The molecule has 1 unspecified atom stereocenters. The number of hydrogen-bond donors (Lipinski definition) is 3. The number of benzene rings is 2. The molecule has 0 spiro atoms. The van der Waals surface area contributed by atoms with Crippen molar-refractivity contribution in [1.82, 2.24) is 15.0 Å². The predicted molar refractivity (Wildman–Crippen MR) is 101 cm³/mol. The smallest absolute Gasteiger partial charge is 0.194 e. The van der Waals surface area contributed by atoms with Crippen LogP contribution in [0.15, 0.2) is 67.1 Å². The lowest BCUT2D eigenvalue weighted by atomic mass is 10.0. The number of rotatable bonds is 6. The Morgan fingerprint density at radius 2 is 2.04 bits per heavy atom. The highest BCUT2D eigenvalue weighted by atomic mass is 16.5. The fraction of sp³-hybridized carbons (Fsp3) is 0.100. The van der Waals surface area contributed by atoms with Crippen molar-refractivity contribution in [3.63, 3.8) is 0 Å². The minimum Gasteiger partial charge on any atom is -0.497 e. The van der Waals surface area contributed by atoms with Crippen LogP contribution < -0.4 is 10.1 Å². The molecule has 0 fully saturated rings. The third-order valence-electron chi connectivity index (χ3n) is 4.29. The second-order valence-corrected chi connectivity index (χ2v) is 5.90. The molecule has 0 radical (unpaired) electrons. The summed E-state index contributed by atoms with van der Waals surface area (Å²) in [4.78, 5) is 23.8. The Labute approximate surface area is 150 Å². The maximum atomic E-state index is 13.3. The van der Waals surface area contributed by atoms with Crippen LogP contribution in [-0.2, 0) is 0 Å². The summed E-state index contributed by atoms with van der Waals surface area (Å²) in [5, 5.41) is 4.16. The molecule has 2 heterocycles. The van der Waals surface area contributed by atoms with Gasteiger partial charge < -0.3 is 20.0 Å². The van der Waals surface area contributed by atoms with Crippen LogP contribution in [0.1, 0.15) is 22.2 Å². The van der Waals surface area contributed by atoms with E-state index >= 15 is 0 Å². The topological polar surface area (TPSA) is 82.8 Å². The van der Waals surface area contributed by atoms with Crippen LogP contribution >= 0.6 is 0 Å². The molecule has 26 heavy (non-hydrogen) atoms. The first-order chi connectivity index (χ1) is 12.8. The van der Waals surface area contributed by atoms with E-state index in [0.717, 1.165) is 16.6 Å². The standard InChI is InChI=1S/C20H18N4O2/c1-26-14-6-4-5-13(11-14)24-18(20-21-9-10-22-20)19(25)16-12-23-17-8-3-2-7-15(16)17/h2-12,18,23-24H,1H3,(H,21,22). The predicted octanol–water partition coefficient (Wildman–Crippen LogP) is 3.94. The van der Waals surface area contributed by atoms with E-state index in [-0.39, 0.29) is 5.78 Å². The molecule has 0 saturated heterocycles.